The van der Waals surface area contributed by atoms with Crippen LogP contribution in [0.3, 0.4) is 0 Å². The molecule has 8 nitrogen and oxygen atoms in total. The third kappa shape index (κ3) is 5.74. The van der Waals surface area contributed by atoms with Crippen molar-refractivity contribution >= 4 is 44.1 Å². The Morgan fingerprint density at radius 2 is 1.59 bits per heavy atom. The Bertz CT molecular complexity index is 1850. The van der Waals surface area contributed by atoms with Gasteiger partial charge in [-0.25, -0.2) is 4.98 Å². The van der Waals surface area contributed by atoms with Gasteiger partial charge in [0.1, 0.15) is 28.8 Å². The molecule has 44 heavy (non-hydrogen) atoms. The molecule has 1 N–H and O–H groups in total. The van der Waals surface area contributed by atoms with Crippen LogP contribution in [0.2, 0.25) is 0 Å². The van der Waals surface area contributed by atoms with Crippen molar-refractivity contribution in [2.75, 3.05) is 18.1 Å². The van der Waals surface area contributed by atoms with Crippen molar-refractivity contribution in [2.24, 2.45) is 0 Å². The molecule has 9 heteroatoms. The van der Waals surface area contributed by atoms with Gasteiger partial charge in [0.05, 0.1) is 35.0 Å². The number of amides is 1. The van der Waals surface area contributed by atoms with Gasteiger partial charge in [-0.3, -0.25) is 14.5 Å². The summed E-state index contributed by atoms with van der Waals surface area (Å²) in [4.78, 5) is 33.5. The van der Waals surface area contributed by atoms with Gasteiger partial charge < -0.3 is 19.3 Å². The van der Waals surface area contributed by atoms with Crippen molar-refractivity contribution < 1.29 is 28.9 Å². The van der Waals surface area contributed by atoms with Crippen LogP contribution < -0.4 is 19.1 Å². The average Bonchev–Trinajstić information content (AvgIpc) is 3.58. The van der Waals surface area contributed by atoms with Crippen LogP contribution in [0.1, 0.15) is 37.4 Å². The summed E-state index contributed by atoms with van der Waals surface area (Å²) in [5.41, 5.74) is 1.59. The number of fused-ring (bicyclic) bond motifs is 1. The Kier molecular flexibility index (Phi) is 8.29. The molecule has 0 saturated carbocycles. The molecule has 1 aliphatic rings. The van der Waals surface area contributed by atoms with E-state index in [1.165, 1.54) is 16.2 Å². The minimum absolute atomic E-state index is 0.0386. The number of carbonyl (C=O) groups excluding carboxylic acids is 2. The third-order valence-electron chi connectivity index (χ3n) is 7.06. The average molecular weight is 607 g/mol. The summed E-state index contributed by atoms with van der Waals surface area (Å²) in [6, 6.07) is 27.8. The summed E-state index contributed by atoms with van der Waals surface area (Å²) in [7, 11) is 0. The first-order valence-electron chi connectivity index (χ1n) is 14.4. The van der Waals surface area contributed by atoms with Crippen LogP contribution in [0.5, 0.6) is 23.0 Å². The number of para-hydroxylation sites is 1. The summed E-state index contributed by atoms with van der Waals surface area (Å²) in [6.45, 7) is 5.00. The fourth-order valence-corrected chi connectivity index (χ4v) is 6.08. The van der Waals surface area contributed by atoms with Crippen molar-refractivity contribution in [3.05, 3.63) is 114 Å². The zero-order valence-electron chi connectivity index (χ0n) is 24.2. The standard InChI is InChI=1S/C35H30N2O6S/c1-3-19-42-24-15-13-22(14-16-24)32(38)30-31(23-9-8-12-27(20-23)43-25-10-6-5-7-11-25)37(34(40)33(30)39)35-36-28-18-17-26(41-4-2)21-29(28)44-35/h5-18,20-21,31,38H,3-4,19H2,1-2H3. The lowest BCUT2D eigenvalue weighted by molar-refractivity contribution is -0.132. The van der Waals surface area contributed by atoms with Crippen molar-refractivity contribution in [1.29, 1.82) is 0 Å². The predicted octanol–water partition coefficient (Wildman–Crippen LogP) is 7.90. The number of aliphatic hydroxyl groups excluding tert-OH is 1. The molecular weight excluding hydrogens is 576 g/mol. The molecule has 6 rings (SSSR count). The summed E-state index contributed by atoms with van der Waals surface area (Å²) in [6.07, 6.45) is 0.858. The number of nitrogens with zero attached hydrogens (tertiary/aromatic N) is 2. The number of benzene rings is 4. The van der Waals surface area contributed by atoms with Gasteiger partial charge in [-0.15, -0.1) is 0 Å². The molecule has 0 spiro atoms. The molecule has 0 aliphatic carbocycles. The SMILES string of the molecule is CCCOc1ccc(C(O)=C2C(=O)C(=O)N(c3nc4ccc(OCC)cc4s3)C2c2cccc(Oc3ccccc3)c2)cc1. The quantitative estimate of drug-likeness (QED) is 0.0980. The molecule has 5 aromatic rings. The van der Waals surface area contributed by atoms with Crippen LogP contribution in [0.15, 0.2) is 103 Å². The van der Waals surface area contributed by atoms with E-state index in [1.54, 1.807) is 48.5 Å². The number of rotatable bonds is 10. The first-order valence-corrected chi connectivity index (χ1v) is 15.2. The highest BCUT2D eigenvalue weighted by Gasteiger charge is 2.48. The summed E-state index contributed by atoms with van der Waals surface area (Å²) in [5, 5.41) is 11.9. The van der Waals surface area contributed by atoms with E-state index in [0.29, 0.717) is 58.0 Å². The molecule has 1 aliphatic heterocycles. The minimum Gasteiger partial charge on any atom is -0.507 e. The number of hydrogen-bond donors (Lipinski definition) is 1. The molecule has 1 aromatic heterocycles. The van der Waals surface area contributed by atoms with Gasteiger partial charge in [-0.1, -0.05) is 48.6 Å². The predicted molar refractivity (Wildman–Crippen MR) is 171 cm³/mol. The smallest absolute Gasteiger partial charge is 0.301 e. The maximum atomic E-state index is 13.8. The van der Waals surface area contributed by atoms with E-state index in [-0.39, 0.29) is 11.3 Å². The Morgan fingerprint density at radius 1 is 0.841 bits per heavy atom. The molecule has 0 bridgehead atoms. The molecule has 1 amide bonds. The van der Waals surface area contributed by atoms with Crippen LogP contribution >= 0.6 is 11.3 Å². The Hall–Kier alpha value is -5.15. The Labute approximate surface area is 258 Å². The molecule has 0 radical (unpaired) electrons. The number of Topliss-reactive ketones (excluding diaryl/α,β-unsaturated/α-hetero) is 1. The molecule has 222 valence electrons. The number of aliphatic hydroxyl groups is 1. The van der Waals surface area contributed by atoms with Crippen LogP contribution in [-0.4, -0.2) is 35.0 Å². The van der Waals surface area contributed by atoms with Crippen molar-refractivity contribution in [2.45, 2.75) is 26.3 Å². The van der Waals surface area contributed by atoms with E-state index >= 15 is 0 Å². The van der Waals surface area contributed by atoms with Crippen LogP contribution in [-0.2, 0) is 9.59 Å². The Morgan fingerprint density at radius 3 is 2.34 bits per heavy atom. The zero-order valence-corrected chi connectivity index (χ0v) is 25.0. The summed E-state index contributed by atoms with van der Waals surface area (Å²) < 4.78 is 18.2. The molecule has 1 atom stereocenters. The van der Waals surface area contributed by atoms with Crippen LogP contribution in [0.25, 0.3) is 16.0 Å². The van der Waals surface area contributed by atoms with Gasteiger partial charge in [0.25, 0.3) is 5.78 Å². The van der Waals surface area contributed by atoms with E-state index in [1.807, 2.05) is 62.4 Å². The summed E-state index contributed by atoms with van der Waals surface area (Å²) >= 11 is 1.27. The second-order valence-electron chi connectivity index (χ2n) is 10.1. The highest BCUT2D eigenvalue weighted by atomic mass is 32.1. The number of carbonyl (C=O) groups is 2. The monoisotopic (exact) mass is 606 g/mol. The molecule has 1 saturated heterocycles. The molecule has 1 fully saturated rings. The second kappa shape index (κ2) is 12.6. The normalized spacial score (nSPS) is 16.0. The first kappa shape index (κ1) is 28.9. The van der Waals surface area contributed by atoms with E-state index in [9.17, 15) is 14.7 Å². The fraction of sp³-hybridized carbons (Fsp3) is 0.171. The third-order valence-corrected chi connectivity index (χ3v) is 8.08. The number of ketones is 1. The maximum absolute atomic E-state index is 13.8. The minimum atomic E-state index is -0.961. The van der Waals surface area contributed by atoms with E-state index < -0.39 is 17.7 Å². The lowest BCUT2D eigenvalue weighted by Crippen LogP contribution is -2.29. The number of aromatic nitrogens is 1. The first-order chi connectivity index (χ1) is 21.5. The van der Waals surface area contributed by atoms with E-state index in [2.05, 4.69) is 0 Å². The lowest BCUT2D eigenvalue weighted by Gasteiger charge is -2.23. The topological polar surface area (TPSA) is 98.2 Å². The van der Waals surface area contributed by atoms with Crippen LogP contribution in [0.4, 0.5) is 5.13 Å². The highest BCUT2D eigenvalue weighted by Crippen LogP contribution is 2.45. The number of ether oxygens (including phenoxy) is 3. The fourth-order valence-electron chi connectivity index (χ4n) is 5.05. The summed E-state index contributed by atoms with van der Waals surface area (Å²) in [5.74, 6) is 0.619. The number of anilines is 1. The molecule has 4 aromatic carbocycles. The number of thiazole rings is 1. The second-order valence-corrected chi connectivity index (χ2v) is 11.1. The largest absolute Gasteiger partial charge is 0.507 e. The molecule has 2 heterocycles. The van der Waals surface area contributed by atoms with Gasteiger partial charge in [0.15, 0.2) is 5.13 Å². The highest BCUT2D eigenvalue weighted by molar-refractivity contribution is 7.22. The maximum Gasteiger partial charge on any atom is 0.301 e. The molecule has 1 unspecified atom stereocenters. The van der Waals surface area contributed by atoms with Crippen molar-refractivity contribution in [3.8, 4) is 23.0 Å². The zero-order chi connectivity index (χ0) is 30.6. The van der Waals surface area contributed by atoms with Gasteiger partial charge >= 0.3 is 5.91 Å². The molecular formula is C35H30N2O6S. The van der Waals surface area contributed by atoms with Gasteiger partial charge in [0, 0.05) is 5.56 Å². The van der Waals surface area contributed by atoms with Crippen LogP contribution in [0, 0.1) is 0 Å². The number of hydrogen-bond acceptors (Lipinski definition) is 8. The Balaban J connectivity index is 1.47. The lowest BCUT2D eigenvalue weighted by atomic mass is 9.95. The van der Waals surface area contributed by atoms with E-state index in [4.69, 9.17) is 19.2 Å². The van der Waals surface area contributed by atoms with Gasteiger partial charge in [-0.05, 0) is 85.6 Å². The van der Waals surface area contributed by atoms with E-state index in [0.717, 1.165) is 11.1 Å². The van der Waals surface area contributed by atoms with Crippen molar-refractivity contribution in [1.82, 2.24) is 4.98 Å². The van der Waals surface area contributed by atoms with Gasteiger partial charge in [0.2, 0.25) is 0 Å². The van der Waals surface area contributed by atoms with Gasteiger partial charge in [-0.2, -0.15) is 0 Å². The van der Waals surface area contributed by atoms with Crippen molar-refractivity contribution in [3.63, 3.8) is 0 Å².